The van der Waals surface area contributed by atoms with E-state index < -0.39 is 89.1 Å². The molecule has 2 saturated heterocycles. The van der Waals surface area contributed by atoms with E-state index in [2.05, 4.69) is 5.32 Å². The fourth-order valence-corrected chi connectivity index (χ4v) is 8.19. The zero-order valence-electron chi connectivity index (χ0n) is 39.1. The van der Waals surface area contributed by atoms with Crippen molar-refractivity contribution in [2.75, 3.05) is 13.1 Å². The Morgan fingerprint density at radius 2 is 1.09 bits per heavy atom. The van der Waals surface area contributed by atoms with E-state index in [-0.39, 0.29) is 26.1 Å². The van der Waals surface area contributed by atoms with Crippen molar-refractivity contribution >= 4 is 18.3 Å². The maximum Gasteiger partial charge on any atom is 0.410 e. The molecule has 16 heteroatoms. The van der Waals surface area contributed by atoms with Gasteiger partial charge < -0.3 is 44.9 Å². The van der Waals surface area contributed by atoms with Crippen LogP contribution in [0.25, 0.3) is 0 Å². The zero-order chi connectivity index (χ0) is 48.9. The number of hydrogen-bond acceptors (Lipinski definition) is 9. The number of nitrogens with zero attached hydrogens (tertiary/aromatic N) is 2. The molecule has 4 aromatic rings. The van der Waals surface area contributed by atoms with Crippen LogP contribution in [0.5, 0.6) is 0 Å². The molecule has 4 aromatic carbocycles. The van der Waals surface area contributed by atoms with Crippen molar-refractivity contribution in [1.82, 2.24) is 15.1 Å². The number of carbonyl (C=O) groups excluding carboxylic acids is 3. The van der Waals surface area contributed by atoms with E-state index in [1.807, 2.05) is 60.7 Å². The van der Waals surface area contributed by atoms with Gasteiger partial charge in [0, 0.05) is 31.3 Å². The Balaban J connectivity index is 0.000000286. The number of ether oxygens (including phenoxy) is 4. The first-order valence-corrected chi connectivity index (χ1v) is 22.6. The Kier molecular flexibility index (Phi) is 18.6. The lowest BCUT2D eigenvalue weighted by molar-refractivity contribution is -0.0414. The number of nitrogens with one attached hydrogen (secondary N) is 1. The summed E-state index contributed by atoms with van der Waals surface area (Å²) < 4.78 is 78.0. The molecule has 0 aliphatic carbocycles. The molecule has 0 unspecified atom stereocenters. The molecule has 67 heavy (non-hydrogen) atoms. The highest BCUT2D eigenvalue weighted by Gasteiger charge is 2.42. The number of amides is 3. The van der Waals surface area contributed by atoms with Crippen molar-refractivity contribution in [1.29, 1.82) is 0 Å². The monoisotopic (exact) mass is 936 g/mol. The van der Waals surface area contributed by atoms with E-state index in [4.69, 9.17) is 24.7 Å². The summed E-state index contributed by atoms with van der Waals surface area (Å²) >= 11 is 0. The summed E-state index contributed by atoms with van der Waals surface area (Å²) in [5.41, 5.74) is 7.11. The smallest absolute Gasteiger partial charge is 0.410 e. The molecule has 6 atom stereocenters. The number of rotatable bonds is 14. The quantitative estimate of drug-likeness (QED) is 0.0830. The molecule has 2 aliphatic rings. The van der Waals surface area contributed by atoms with E-state index in [1.165, 1.54) is 29.2 Å². The van der Waals surface area contributed by atoms with Crippen LogP contribution in [0.15, 0.2) is 97.1 Å². The van der Waals surface area contributed by atoms with Gasteiger partial charge in [-0.1, -0.05) is 60.7 Å². The molecule has 6 rings (SSSR count). The van der Waals surface area contributed by atoms with E-state index in [0.29, 0.717) is 43.5 Å². The summed E-state index contributed by atoms with van der Waals surface area (Å²) in [5.74, 6) is -2.83. The van der Waals surface area contributed by atoms with Gasteiger partial charge in [0.15, 0.2) is 0 Å². The molecule has 3 amide bonds. The third-order valence-electron chi connectivity index (χ3n) is 11.0. The summed E-state index contributed by atoms with van der Waals surface area (Å²) in [5, 5.41) is 13.5. The first-order chi connectivity index (χ1) is 31.6. The summed E-state index contributed by atoms with van der Waals surface area (Å²) in [6.45, 7) is 11.9. The van der Waals surface area contributed by atoms with Crippen LogP contribution in [0.2, 0.25) is 0 Å². The van der Waals surface area contributed by atoms with Crippen molar-refractivity contribution in [3.05, 3.63) is 143 Å². The number of nitrogens with two attached hydrogens (primary N) is 1. The summed E-state index contributed by atoms with van der Waals surface area (Å²) in [7, 11) is 0. The predicted octanol–water partition coefficient (Wildman–Crippen LogP) is 9.38. The van der Waals surface area contributed by atoms with Gasteiger partial charge in [-0.15, -0.1) is 0 Å². The lowest BCUT2D eigenvalue weighted by atomic mass is 9.94. The van der Waals surface area contributed by atoms with Crippen LogP contribution in [-0.2, 0) is 45.0 Å². The zero-order valence-corrected chi connectivity index (χ0v) is 39.1. The number of aliphatic hydroxyl groups excluding tert-OH is 1. The lowest BCUT2D eigenvalue weighted by Gasteiger charge is -2.37. The number of hydrogen-bond donors (Lipinski definition) is 3. The summed E-state index contributed by atoms with van der Waals surface area (Å²) in [4.78, 5) is 41.8. The highest BCUT2D eigenvalue weighted by atomic mass is 19.1. The molecular formula is C51H64F4N4O8. The second kappa shape index (κ2) is 23.8. The molecule has 0 radical (unpaired) electrons. The Morgan fingerprint density at radius 3 is 1.57 bits per heavy atom. The van der Waals surface area contributed by atoms with Gasteiger partial charge in [0.05, 0.1) is 36.9 Å². The van der Waals surface area contributed by atoms with Gasteiger partial charge in [-0.25, -0.2) is 31.9 Å². The number of carbonyl (C=O) groups is 3. The van der Waals surface area contributed by atoms with Gasteiger partial charge in [0.1, 0.15) is 41.1 Å². The average molecular weight is 937 g/mol. The standard InChI is InChI=1S/C33H38F2N2O5.C18H26F2N2O3/c1-33(2,3)42-32(39)37-16-10-15-29(37)30(40-21-23-11-6-4-7-12-23)28(19-25-17-26(34)20-27(35)18-25)36-31(38)41-22-24-13-8-5-9-14-24;1-18(2,3)25-17(24)22-6-4-5-15(22)16(23)14(21)9-11-7-12(19)10-13(20)8-11/h4-9,11-14,17-18,20,28-30H,10,15-16,19,21-22H2,1-3H3,(H,36,38);7-8,10,14-16,23H,4-6,9,21H2,1-3H3/t28-,29+,30-;14-,15+,16-/m00/s1. The molecule has 2 fully saturated rings. The molecule has 0 spiro atoms. The number of likely N-dealkylation sites (tertiary alicyclic amines) is 2. The van der Waals surface area contributed by atoms with Gasteiger partial charge in [-0.3, -0.25) is 0 Å². The minimum Gasteiger partial charge on any atom is -0.445 e. The molecule has 2 heterocycles. The summed E-state index contributed by atoms with van der Waals surface area (Å²) in [6, 6.07) is 22.6. The first kappa shape index (κ1) is 52.3. The van der Waals surface area contributed by atoms with Crippen LogP contribution in [0.1, 0.15) is 89.5 Å². The Hall–Kier alpha value is -5.71. The van der Waals surface area contributed by atoms with Crippen LogP contribution in [-0.4, -0.2) is 93.9 Å². The SMILES string of the molecule is CC(C)(C)OC(=O)N1CCC[C@@H]1[C@@H](O)[C@@H](N)Cc1cc(F)cc(F)c1.CC(C)(C)OC(=O)N1CCC[C@@H]1[C@@H](OCc1ccccc1)[C@H](Cc1cc(F)cc(F)c1)NC(=O)OCc1ccccc1. The molecule has 0 saturated carbocycles. The van der Waals surface area contributed by atoms with Crippen LogP contribution < -0.4 is 11.1 Å². The van der Waals surface area contributed by atoms with Crippen LogP contribution >= 0.6 is 0 Å². The van der Waals surface area contributed by atoms with Gasteiger partial charge in [-0.2, -0.15) is 0 Å². The minimum atomic E-state index is -1.01. The van der Waals surface area contributed by atoms with Crippen molar-refractivity contribution < 1.29 is 56.0 Å². The normalized spacial score (nSPS) is 18.0. The minimum absolute atomic E-state index is 0.0350. The van der Waals surface area contributed by atoms with Crippen molar-refractivity contribution in [3.63, 3.8) is 0 Å². The van der Waals surface area contributed by atoms with E-state index in [9.17, 15) is 37.1 Å². The highest BCUT2D eigenvalue weighted by molar-refractivity contribution is 5.70. The predicted molar refractivity (Wildman–Crippen MR) is 245 cm³/mol. The average Bonchev–Trinajstić information content (AvgIpc) is 3.93. The van der Waals surface area contributed by atoms with Crippen molar-refractivity contribution in [2.45, 2.75) is 141 Å². The number of alkyl carbamates (subject to hydrolysis) is 1. The fraction of sp³-hybridized carbons (Fsp3) is 0.471. The van der Waals surface area contributed by atoms with Crippen LogP contribution in [0, 0.1) is 23.3 Å². The molecule has 364 valence electrons. The number of aliphatic hydroxyl groups is 1. The van der Waals surface area contributed by atoms with Crippen LogP contribution in [0.4, 0.5) is 31.9 Å². The third kappa shape index (κ3) is 16.8. The number of benzene rings is 4. The maximum absolute atomic E-state index is 14.2. The van der Waals surface area contributed by atoms with Gasteiger partial charge in [0.2, 0.25) is 0 Å². The summed E-state index contributed by atoms with van der Waals surface area (Å²) in [6.07, 6.45) is -0.676. The Bertz CT molecular complexity index is 2190. The molecule has 0 bridgehead atoms. The van der Waals surface area contributed by atoms with E-state index >= 15 is 0 Å². The molecule has 12 nitrogen and oxygen atoms in total. The fourth-order valence-electron chi connectivity index (χ4n) is 8.19. The second-order valence-electron chi connectivity index (χ2n) is 19.0. The van der Waals surface area contributed by atoms with Crippen LogP contribution in [0.3, 0.4) is 0 Å². The molecule has 0 aromatic heterocycles. The Labute approximate surface area is 390 Å². The largest absolute Gasteiger partial charge is 0.445 e. The van der Waals surface area contributed by atoms with Gasteiger partial charge >= 0.3 is 18.3 Å². The molecule has 4 N–H and O–H groups in total. The van der Waals surface area contributed by atoms with Gasteiger partial charge in [0.25, 0.3) is 0 Å². The highest BCUT2D eigenvalue weighted by Crippen LogP contribution is 2.29. The first-order valence-electron chi connectivity index (χ1n) is 22.6. The van der Waals surface area contributed by atoms with Crippen molar-refractivity contribution in [3.8, 4) is 0 Å². The number of halogens is 4. The third-order valence-corrected chi connectivity index (χ3v) is 11.0. The lowest BCUT2D eigenvalue weighted by Crippen LogP contribution is -2.56. The topological polar surface area (TPSA) is 153 Å². The molecule has 2 aliphatic heterocycles. The van der Waals surface area contributed by atoms with E-state index in [1.54, 1.807) is 46.4 Å². The molecular weight excluding hydrogens is 873 g/mol. The second-order valence-corrected chi connectivity index (χ2v) is 19.0. The van der Waals surface area contributed by atoms with E-state index in [0.717, 1.165) is 29.7 Å². The van der Waals surface area contributed by atoms with Crippen molar-refractivity contribution in [2.24, 2.45) is 5.73 Å². The Morgan fingerprint density at radius 1 is 0.657 bits per heavy atom. The maximum atomic E-state index is 14.2. The van der Waals surface area contributed by atoms with Gasteiger partial charge in [-0.05, 0) is 127 Å².